The number of rotatable bonds is 9. The van der Waals surface area contributed by atoms with Gasteiger partial charge in [-0.3, -0.25) is 4.79 Å². The Morgan fingerprint density at radius 3 is 2.35 bits per heavy atom. The van der Waals surface area contributed by atoms with Crippen LogP contribution in [0.3, 0.4) is 0 Å². The topological polar surface area (TPSA) is 75.7 Å². The molecule has 1 aliphatic heterocycles. The first kappa shape index (κ1) is 23.4. The highest BCUT2D eigenvalue weighted by Crippen LogP contribution is 2.25. The van der Waals surface area contributed by atoms with E-state index in [2.05, 4.69) is 9.62 Å². The number of nitrogens with one attached hydrogen (secondary N) is 1. The van der Waals surface area contributed by atoms with Crippen LogP contribution >= 0.6 is 0 Å². The van der Waals surface area contributed by atoms with Crippen molar-refractivity contribution < 1.29 is 17.9 Å². The fraction of sp³-hybridized carbons (Fsp3) is 0.458. The van der Waals surface area contributed by atoms with E-state index in [-0.39, 0.29) is 16.9 Å². The number of carbonyl (C=O) groups excluding carboxylic acids is 1. The first-order chi connectivity index (χ1) is 14.9. The molecule has 3 rings (SSSR count). The van der Waals surface area contributed by atoms with E-state index >= 15 is 0 Å². The molecule has 0 amide bonds. The Morgan fingerprint density at radius 1 is 1.10 bits per heavy atom. The van der Waals surface area contributed by atoms with Crippen molar-refractivity contribution in [3.8, 4) is 0 Å². The van der Waals surface area contributed by atoms with Crippen LogP contribution in [0.5, 0.6) is 0 Å². The summed E-state index contributed by atoms with van der Waals surface area (Å²) in [7, 11) is -2.21. The number of sulfonamides is 1. The number of nitrogens with zero attached hydrogens (tertiary/aromatic N) is 1. The van der Waals surface area contributed by atoms with E-state index in [4.69, 9.17) is 4.74 Å². The van der Waals surface area contributed by atoms with Crippen LogP contribution in [0.2, 0.25) is 0 Å². The monoisotopic (exact) mass is 444 g/mol. The lowest BCUT2D eigenvalue weighted by atomic mass is 9.92. The molecule has 1 atom stereocenters. The van der Waals surface area contributed by atoms with E-state index in [0.29, 0.717) is 18.9 Å². The first-order valence-corrected chi connectivity index (χ1v) is 12.3. The molecule has 168 valence electrons. The summed E-state index contributed by atoms with van der Waals surface area (Å²) in [5.41, 5.74) is 1.97. The second-order valence-electron chi connectivity index (χ2n) is 8.26. The Hall–Kier alpha value is -2.22. The molecule has 1 N–H and O–H groups in total. The van der Waals surface area contributed by atoms with Crippen molar-refractivity contribution in [3.05, 3.63) is 65.7 Å². The zero-order valence-corrected chi connectivity index (χ0v) is 19.1. The normalized spacial score (nSPS) is 16.7. The van der Waals surface area contributed by atoms with Gasteiger partial charge in [-0.25, -0.2) is 13.1 Å². The maximum Gasteiger partial charge on any atom is 0.305 e. The molecule has 0 spiro atoms. The third kappa shape index (κ3) is 6.89. The number of ether oxygens (including phenoxy) is 1. The second kappa shape index (κ2) is 10.9. The molecular weight excluding hydrogens is 412 g/mol. The van der Waals surface area contributed by atoms with Gasteiger partial charge in [0.25, 0.3) is 0 Å². The number of aryl methyl sites for hydroxylation is 1. The van der Waals surface area contributed by atoms with E-state index in [1.807, 2.05) is 49.4 Å². The molecule has 0 unspecified atom stereocenters. The molecule has 7 heteroatoms. The highest BCUT2D eigenvalue weighted by atomic mass is 32.2. The lowest BCUT2D eigenvalue weighted by molar-refractivity contribution is -0.141. The van der Waals surface area contributed by atoms with Gasteiger partial charge in [0.1, 0.15) is 0 Å². The minimum Gasteiger partial charge on any atom is -0.469 e. The van der Waals surface area contributed by atoms with Gasteiger partial charge in [-0.1, -0.05) is 48.0 Å². The summed E-state index contributed by atoms with van der Waals surface area (Å²) < 4.78 is 33.7. The van der Waals surface area contributed by atoms with Crippen molar-refractivity contribution in [3.63, 3.8) is 0 Å². The molecule has 1 aliphatic rings. The highest BCUT2D eigenvalue weighted by molar-refractivity contribution is 7.89. The van der Waals surface area contributed by atoms with E-state index in [1.165, 1.54) is 7.11 Å². The van der Waals surface area contributed by atoms with Crippen molar-refractivity contribution >= 4 is 16.0 Å². The van der Waals surface area contributed by atoms with Gasteiger partial charge in [-0.2, -0.15) is 0 Å². The number of piperidine rings is 1. The maximum atomic E-state index is 13.0. The Morgan fingerprint density at radius 2 is 1.74 bits per heavy atom. The number of benzene rings is 2. The van der Waals surface area contributed by atoms with Crippen LogP contribution in [-0.2, 0) is 19.6 Å². The summed E-state index contributed by atoms with van der Waals surface area (Å²) in [5, 5.41) is 0. The molecule has 0 aromatic heterocycles. The van der Waals surface area contributed by atoms with Crippen molar-refractivity contribution in [1.82, 2.24) is 9.62 Å². The Kier molecular flexibility index (Phi) is 8.23. The molecule has 1 saturated heterocycles. The van der Waals surface area contributed by atoms with Gasteiger partial charge < -0.3 is 9.64 Å². The van der Waals surface area contributed by atoms with Gasteiger partial charge in [0.2, 0.25) is 10.0 Å². The van der Waals surface area contributed by atoms with E-state index < -0.39 is 10.0 Å². The molecule has 0 bridgehead atoms. The number of carbonyl (C=O) groups is 1. The van der Waals surface area contributed by atoms with Crippen molar-refractivity contribution in [2.45, 2.75) is 43.5 Å². The number of likely N-dealkylation sites (tertiary alicyclic amines) is 1. The summed E-state index contributed by atoms with van der Waals surface area (Å²) in [6, 6.07) is 16.3. The molecule has 1 fully saturated rings. The smallest absolute Gasteiger partial charge is 0.305 e. The highest BCUT2D eigenvalue weighted by Gasteiger charge is 2.26. The predicted octanol–water partition coefficient (Wildman–Crippen LogP) is 3.68. The number of methoxy groups -OCH3 is 1. The molecule has 31 heavy (non-hydrogen) atoms. The average molecular weight is 445 g/mol. The average Bonchev–Trinajstić information content (AvgIpc) is 2.78. The van der Waals surface area contributed by atoms with Crippen LogP contribution < -0.4 is 4.72 Å². The Bertz CT molecular complexity index is 937. The summed E-state index contributed by atoms with van der Waals surface area (Å²) in [5.74, 6) is 0.354. The molecule has 0 aliphatic carbocycles. The van der Waals surface area contributed by atoms with Crippen LogP contribution in [0, 0.1) is 12.8 Å². The zero-order valence-electron chi connectivity index (χ0n) is 18.3. The number of hydrogen-bond donors (Lipinski definition) is 1. The molecule has 6 nitrogen and oxygen atoms in total. The molecule has 0 radical (unpaired) electrons. The van der Waals surface area contributed by atoms with Gasteiger partial charge in [0.05, 0.1) is 18.0 Å². The molecule has 2 aromatic carbocycles. The van der Waals surface area contributed by atoms with E-state index in [1.54, 1.807) is 12.1 Å². The molecule has 0 saturated carbocycles. The van der Waals surface area contributed by atoms with Gasteiger partial charge in [0.15, 0.2) is 0 Å². The van der Waals surface area contributed by atoms with Crippen LogP contribution in [0.15, 0.2) is 59.5 Å². The van der Waals surface area contributed by atoms with Crippen LogP contribution in [-0.4, -0.2) is 46.0 Å². The quantitative estimate of drug-likeness (QED) is 0.597. The summed E-state index contributed by atoms with van der Waals surface area (Å²) >= 11 is 0. The lowest BCUT2D eigenvalue weighted by Crippen LogP contribution is -2.41. The fourth-order valence-electron chi connectivity index (χ4n) is 4.01. The maximum absolute atomic E-state index is 13.0. The van der Waals surface area contributed by atoms with E-state index in [0.717, 1.165) is 43.5 Å². The number of hydrogen-bond acceptors (Lipinski definition) is 5. The minimum absolute atomic E-state index is 0.155. The van der Waals surface area contributed by atoms with Crippen LogP contribution in [0.4, 0.5) is 0 Å². The third-order valence-electron chi connectivity index (χ3n) is 5.96. The standard InChI is InChI=1S/C24H32N2O4S/c1-19-8-11-22(12-9-19)31(28,29)25-23(21-6-4-3-5-7-21)18-26-16-14-20(15-17-26)10-13-24(27)30-2/h3-9,11-12,20,23,25H,10,13-18H2,1-2H3/t23-/m0/s1. The summed E-state index contributed by atoms with van der Waals surface area (Å²) in [6.07, 6.45) is 3.32. The first-order valence-electron chi connectivity index (χ1n) is 10.8. The van der Waals surface area contributed by atoms with Gasteiger partial charge in [0, 0.05) is 13.0 Å². The summed E-state index contributed by atoms with van der Waals surface area (Å²) in [4.78, 5) is 14.0. The zero-order chi connectivity index (χ0) is 22.3. The Balaban J connectivity index is 1.66. The SMILES string of the molecule is COC(=O)CCC1CCN(C[C@H](NS(=O)(=O)c2ccc(C)cc2)c2ccccc2)CC1. The second-order valence-corrected chi connectivity index (χ2v) is 9.97. The van der Waals surface area contributed by atoms with Gasteiger partial charge in [-0.15, -0.1) is 0 Å². The summed E-state index contributed by atoms with van der Waals surface area (Å²) in [6.45, 7) is 4.33. The largest absolute Gasteiger partial charge is 0.469 e. The van der Waals surface area contributed by atoms with Crippen LogP contribution in [0.25, 0.3) is 0 Å². The van der Waals surface area contributed by atoms with Crippen molar-refractivity contribution in [2.75, 3.05) is 26.7 Å². The third-order valence-corrected chi connectivity index (χ3v) is 7.45. The fourth-order valence-corrected chi connectivity index (χ4v) is 5.22. The van der Waals surface area contributed by atoms with Crippen molar-refractivity contribution in [1.29, 1.82) is 0 Å². The molecular formula is C24H32N2O4S. The lowest BCUT2D eigenvalue weighted by Gasteiger charge is -2.34. The van der Waals surface area contributed by atoms with Crippen molar-refractivity contribution in [2.24, 2.45) is 5.92 Å². The van der Waals surface area contributed by atoms with Crippen LogP contribution in [0.1, 0.15) is 42.9 Å². The number of esters is 1. The molecule has 2 aromatic rings. The molecule has 1 heterocycles. The Labute approximate surface area is 185 Å². The minimum atomic E-state index is -3.64. The van der Waals surface area contributed by atoms with E-state index in [9.17, 15) is 13.2 Å². The predicted molar refractivity (Wildman–Crippen MR) is 121 cm³/mol. The van der Waals surface area contributed by atoms with Gasteiger partial charge in [-0.05, 0) is 62.9 Å². The van der Waals surface area contributed by atoms with Gasteiger partial charge >= 0.3 is 5.97 Å².